The van der Waals surface area contributed by atoms with Gasteiger partial charge in [-0.3, -0.25) is 24.6 Å². The van der Waals surface area contributed by atoms with Gasteiger partial charge >= 0.3 is 0 Å². The quantitative estimate of drug-likeness (QED) is 0.223. The summed E-state index contributed by atoms with van der Waals surface area (Å²) in [5, 5.41) is 14.2. The number of ether oxygens (including phenoxy) is 2. The highest BCUT2D eigenvalue weighted by Crippen LogP contribution is 2.32. The third-order valence-corrected chi connectivity index (χ3v) is 5.14. The molecule has 0 spiro atoms. The van der Waals surface area contributed by atoms with E-state index in [-0.39, 0.29) is 18.8 Å². The molecular formula is C25H22N4O6. The second-order valence-electron chi connectivity index (χ2n) is 7.58. The van der Waals surface area contributed by atoms with Gasteiger partial charge in [0.05, 0.1) is 0 Å². The van der Waals surface area contributed by atoms with Gasteiger partial charge in [0.1, 0.15) is 6.04 Å². The number of rotatable bonds is 8. The smallest absolute Gasteiger partial charge is 0.274 e. The zero-order chi connectivity index (χ0) is 24.6. The van der Waals surface area contributed by atoms with Crippen LogP contribution in [0.5, 0.6) is 11.5 Å². The molecule has 0 radical (unpaired) electrons. The van der Waals surface area contributed by atoms with E-state index in [1.165, 1.54) is 30.3 Å². The minimum Gasteiger partial charge on any atom is -0.454 e. The molecule has 1 aliphatic heterocycles. The molecule has 0 fully saturated rings. The molecule has 1 aliphatic rings. The molecule has 10 heteroatoms. The zero-order valence-corrected chi connectivity index (χ0v) is 18.4. The Morgan fingerprint density at radius 3 is 2.60 bits per heavy atom. The number of hydrogen-bond donors (Lipinski definition) is 4. The fourth-order valence-electron chi connectivity index (χ4n) is 3.37. The van der Waals surface area contributed by atoms with Crippen molar-refractivity contribution in [3.63, 3.8) is 0 Å². The first-order valence-corrected chi connectivity index (χ1v) is 10.6. The molecule has 1 unspecified atom stereocenters. The Hall–Kier alpha value is -4.70. The molecule has 3 amide bonds. The number of hydroxylamine groups is 1. The van der Waals surface area contributed by atoms with E-state index >= 15 is 0 Å². The lowest BCUT2D eigenvalue weighted by Gasteiger charge is -2.18. The Labute approximate surface area is 200 Å². The lowest BCUT2D eigenvalue weighted by Crippen LogP contribution is -2.44. The first-order valence-electron chi connectivity index (χ1n) is 10.6. The summed E-state index contributed by atoms with van der Waals surface area (Å²) in [5.41, 5.74) is 3.70. The van der Waals surface area contributed by atoms with Gasteiger partial charge in [-0.2, -0.15) is 0 Å². The van der Waals surface area contributed by atoms with Gasteiger partial charge in [0, 0.05) is 36.1 Å². The Balaban J connectivity index is 1.45. The van der Waals surface area contributed by atoms with Gasteiger partial charge in [-0.05, 0) is 59.7 Å². The van der Waals surface area contributed by atoms with E-state index in [1.807, 2.05) is 6.07 Å². The summed E-state index contributed by atoms with van der Waals surface area (Å²) in [5.74, 6) is -0.327. The van der Waals surface area contributed by atoms with Crippen LogP contribution in [-0.2, 0) is 16.0 Å². The van der Waals surface area contributed by atoms with Crippen LogP contribution in [0.25, 0.3) is 6.08 Å². The van der Waals surface area contributed by atoms with Crippen molar-refractivity contribution >= 4 is 29.5 Å². The third kappa shape index (κ3) is 6.21. The average molecular weight is 474 g/mol. The molecule has 0 aliphatic carbocycles. The van der Waals surface area contributed by atoms with Gasteiger partial charge in [0.15, 0.2) is 11.5 Å². The third-order valence-electron chi connectivity index (χ3n) is 5.14. The molecule has 1 aromatic heterocycles. The minimum atomic E-state index is -0.895. The van der Waals surface area contributed by atoms with Crippen LogP contribution in [0.15, 0.2) is 73.1 Å². The van der Waals surface area contributed by atoms with Crippen LogP contribution >= 0.6 is 0 Å². The van der Waals surface area contributed by atoms with Crippen LogP contribution in [0, 0.1) is 0 Å². The lowest BCUT2D eigenvalue weighted by atomic mass is 10.1. The van der Waals surface area contributed by atoms with Gasteiger partial charge < -0.3 is 20.1 Å². The average Bonchev–Trinajstić information content (AvgIpc) is 3.35. The normalized spacial score (nSPS) is 12.7. The van der Waals surface area contributed by atoms with E-state index in [4.69, 9.17) is 14.7 Å². The molecule has 3 aromatic rings. The van der Waals surface area contributed by atoms with Crippen molar-refractivity contribution in [2.75, 3.05) is 12.1 Å². The largest absolute Gasteiger partial charge is 0.454 e. The maximum absolute atomic E-state index is 13.0. The molecule has 2 heterocycles. The summed E-state index contributed by atoms with van der Waals surface area (Å²) in [7, 11) is 0. The van der Waals surface area contributed by atoms with Gasteiger partial charge in [-0.1, -0.05) is 12.1 Å². The number of nitrogens with zero attached hydrogens (tertiary/aromatic N) is 1. The number of aromatic nitrogens is 1. The van der Waals surface area contributed by atoms with E-state index in [2.05, 4.69) is 15.6 Å². The number of pyridine rings is 1. The zero-order valence-electron chi connectivity index (χ0n) is 18.4. The first-order chi connectivity index (χ1) is 17.0. The second kappa shape index (κ2) is 10.9. The Kier molecular flexibility index (Phi) is 7.34. The highest BCUT2D eigenvalue weighted by Gasteiger charge is 2.21. The van der Waals surface area contributed by atoms with E-state index in [1.54, 1.807) is 48.2 Å². The molecule has 0 saturated carbocycles. The van der Waals surface area contributed by atoms with Crippen molar-refractivity contribution in [1.29, 1.82) is 0 Å². The molecule has 0 bridgehead atoms. The van der Waals surface area contributed by atoms with Crippen LogP contribution in [0.4, 0.5) is 5.69 Å². The van der Waals surface area contributed by atoms with E-state index in [9.17, 15) is 14.4 Å². The highest BCUT2D eigenvalue weighted by atomic mass is 16.7. The van der Waals surface area contributed by atoms with Crippen molar-refractivity contribution in [1.82, 2.24) is 15.8 Å². The van der Waals surface area contributed by atoms with Gasteiger partial charge in [-0.15, -0.1) is 0 Å². The molecule has 178 valence electrons. The summed E-state index contributed by atoms with van der Waals surface area (Å²) in [6.45, 7) is 0.158. The molecule has 35 heavy (non-hydrogen) atoms. The maximum atomic E-state index is 13.0. The van der Waals surface area contributed by atoms with Crippen LogP contribution in [-0.4, -0.2) is 40.7 Å². The molecule has 10 nitrogen and oxygen atoms in total. The van der Waals surface area contributed by atoms with Gasteiger partial charge in [0.2, 0.25) is 18.6 Å². The van der Waals surface area contributed by atoms with Crippen LogP contribution in [0.1, 0.15) is 21.5 Å². The standard InChI is InChI=1S/C25H22N4O6/c30-23(10-4-16-3-9-21-22(13-16)35-15-34-21)28-20(12-17-2-1-11-26-14-17)25(32)27-19-7-5-18(6-8-19)24(31)29-33/h1-11,13-14,20,33H,12,15H2,(H,27,32)(H,28,30)(H,29,31)/b10-4+. The van der Waals surface area contributed by atoms with Crippen molar-refractivity contribution in [2.45, 2.75) is 12.5 Å². The summed E-state index contributed by atoms with van der Waals surface area (Å²) in [4.78, 5) is 41.2. The van der Waals surface area contributed by atoms with Gasteiger partial charge in [0.25, 0.3) is 5.91 Å². The van der Waals surface area contributed by atoms with Crippen LogP contribution < -0.4 is 25.6 Å². The number of benzene rings is 2. The number of anilines is 1. The molecule has 4 rings (SSSR count). The van der Waals surface area contributed by atoms with E-state index in [0.29, 0.717) is 17.2 Å². The first kappa shape index (κ1) is 23.5. The molecule has 0 saturated heterocycles. The number of carbonyl (C=O) groups is 3. The summed E-state index contributed by atoms with van der Waals surface area (Å²) < 4.78 is 10.6. The predicted octanol–water partition coefficient (Wildman–Crippen LogP) is 2.31. The number of carbonyl (C=O) groups excluding carboxylic acids is 3. The number of hydrogen-bond acceptors (Lipinski definition) is 7. The SMILES string of the molecule is O=C(/C=C/c1ccc2c(c1)OCO2)NC(Cc1cccnc1)C(=O)Nc1ccc(C(=O)NO)cc1. The second-order valence-corrected chi connectivity index (χ2v) is 7.58. The fraction of sp³-hybridized carbons (Fsp3) is 0.120. The topological polar surface area (TPSA) is 139 Å². The van der Waals surface area contributed by atoms with E-state index < -0.39 is 23.8 Å². The highest BCUT2D eigenvalue weighted by molar-refractivity contribution is 6.00. The van der Waals surface area contributed by atoms with E-state index in [0.717, 1.165) is 11.1 Å². The van der Waals surface area contributed by atoms with Crippen molar-refractivity contribution in [3.05, 3.63) is 89.8 Å². The fourth-order valence-corrected chi connectivity index (χ4v) is 3.37. The molecule has 1 atom stereocenters. The molecular weight excluding hydrogens is 452 g/mol. The molecule has 2 aromatic carbocycles. The predicted molar refractivity (Wildman–Crippen MR) is 126 cm³/mol. The summed E-state index contributed by atoms with van der Waals surface area (Å²) >= 11 is 0. The van der Waals surface area contributed by atoms with Crippen LogP contribution in [0.2, 0.25) is 0 Å². The van der Waals surface area contributed by atoms with Crippen molar-refractivity contribution < 1.29 is 29.1 Å². The van der Waals surface area contributed by atoms with Crippen molar-refractivity contribution in [3.8, 4) is 11.5 Å². The van der Waals surface area contributed by atoms with Gasteiger partial charge in [-0.25, -0.2) is 5.48 Å². The maximum Gasteiger partial charge on any atom is 0.274 e. The molecule has 4 N–H and O–H groups in total. The minimum absolute atomic E-state index is 0.158. The number of amides is 3. The Bertz CT molecular complexity index is 1240. The Morgan fingerprint density at radius 1 is 1.06 bits per heavy atom. The lowest BCUT2D eigenvalue weighted by molar-refractivity contribution is -0.123. The summed E-state index contributed by atoms with van der Waals surface area (Å²) in [6, 6.07) is 13.9. The van der Waals surface area contributed by atoms with Crippen LogP contribution in [0.3, 0.4) is 0 Å². The monoisotopic (exact) mass is 474 g/mol. The number of fused-ring (bicyclic) bond motifs is 1. The summed E-state index contributed by atoms with van der Waals surface area (Å²) in [6.07, 6.45) is 6.41. The van der Waals surface area contributed by atoms with Crippen molar-refractivity contribution in [2.24, 2.45) is 0 Å². The Morgan fingerprint density at radius 2 is 1.86 bits per heavy atom. The number of nitrogens with one attached hydrogen (secondary N) is 3.